The molecule has 0 unspecified atom stereocenters. The van der Waals surface area contributed by atoms with Gasteiger partial charge in [-0.25, -0.2) is 0 Å². The second-order valence-electron chi connectivity index (χ2n) is 5.49. The highest BCUT2D eigenvalue weighted by molar-refractivity contribution is 5.97. The van der Waals surface area contributed by atoms with Gasteiger partial charge in [0.2, 0.25) is 0 Å². The van der Waals surface area contributed by atoms with Crippen molar-refractivity contribution in [2.24, 2.45) is 5.92 Å². The molecule has 0 saturated carbocycles. The second kappa shape index (κ2) is 4.06. The number of hydrogen-bond donors (Lipinski definition) is 2. The van der Waals surface area contributed by atoms with E-state index in [1.807, 2.05) is 23.1 Å². The molecule has 0 radical (unpaired) electrons. The van der Waals surface area contributed by atoms with Crippen LogP contribution in [0.5, 0.6) is 0 Å². The van der Waals surface area contributed by atoms with Crippen LogP contribution in [0.2, 0.25) is 0 Å². The molecule has 1 aromatic heterocycles. The summed E-state index contributed by atoms with van der Waals surface area (Å²) in [5, 5.41) is 11.4. The third-order valence-electron chi connectivity index (χ3n) is 4.34. The maximum Gasteiger partial charge on any atom is 0.253 e. The predicted molar refractivity (Wildman–Crippen MR) is 71.9 cm³/mol. The molecular weight excluding hydrogens is 240 g/mol. The SMILES string of the molecule is O=C(c1ccc2cn[nH]c2c1)N1C[C@@H]2CCN[C@@H]2C1. The molecule has 2 aromatic rings. The van der Waals surface area contributed by atoms with Gasteiger partial charge in [-0.05, 0) is 31.0 Å². The normalized spacial score (nSPS) is 26.0. The van der Waals surface area contributed by atoms with Crippen molar-refractivity contribution in [3.63, 3.8) is 0 Å². The fourth-order valence-corrected chi connectivity index (χ4v) is 3.27. The topological polar surface area (TPSA) is 61.0 Å². The molecule has 2 aliphatic heterocycles. The van der Waals surface area contributed by atoms with Crippen LogP contribution in [0.3, 0.4) is 0 Å². The first-order valence-corrected chi connectivity index (χ1v) is 6.77. The lowest BCUT2D eigenvalue weighted by Gasteiger charge is -2.17. The molecule has 0 spiro atoms. The molecule has 2 saturated heterocycles. The number of hydrogen-bond acceptors (Lipinski definition) is 3. The highest BCUT2D eigenvalue weighted by Crippen LogP contribution is 2.26. The lowest BCUT2D eigenvalue weighted by Crippen LogP contribution is -2.33. The number of aromatic nitrogens is 2. The van der Waals surface area contributed by atoms with Crippen molar-refractivity contribution < 1.29 is 4.79 Å². The Hall–Kier alpha value is -1.88. The van der Waals surface area contributed by atoms with Gasteiger partial charge in [0.15, 0.2) is 0 Å². The average molecular weight is 256 g/mol. The average Bonchev–Trinajstić information content (AvgIpc) is 3.11. The molecular formula is C14H16N4O. The maximum absolute atomic E-state index is 12.5. The predicted octanol–water partition coefficient (Wildman–Crippen LogP) is 0.997. The molecule has 2 aliphatic rings. The number of carbonyl (C=O) groups is 1. The molecule has 1 amide bonds. The molecule has 4 rings (SSSR count). The molecule has 1 aromatic carbocycles. The molecule has 0 bridgehead atoms. The standard InChI is InChI=1S/C14H16N4O/c19-14(18-7-11-3-4-15-13(11)8-18)9-1-2-10-6-16-17-12(10)5-9/h1-2,5-6,11,13,15H,3-4,7-8H2,(H,16,17)/t11-,13+/m0/s1. The lowest BCUT2D eigenvalue weighted by atomic mass is 10.1. The van der Waals surface area contributed by atoms with Crippen LogP contribution in [0, 0.1) is 5.92 Å². The third kappa shape index (κ3) is 1.73. The van der Waals surface area contributed by atoms with Crippen molar-refractivity contribution in [2.45, 2.75) is 12.5 Å². The summed E-state index contributed by atoms with van der Waals surface area (Å²) >= 11 is 0. The van der Waals surface area contributed by atoms with E-state index in [2.05, 4.69) is 15.5 Å². The summed E-state index contributed by atoms with van der Waals surface area (Å²) in [5.74, 6) is 0.771. The van der Waals surface area contributed by atoms with Crippen LogP contribution in [0.25, 0.3) is 10.9 Å². The van der Waals surface area contributed by atoms with Crippen LogP contribution in [-0.4, -0.2) is 46.7 Å². The van der Waals surface area contributed by atoms with E-state index in [0.29, 0.717) is 12.0 Å². The number of amides is 1. The van der Waals surface area contributed by atoms with Crippen molar-refractivity contribution in [3.8, 4) is 0 Å². The number of aromatic amines is 1. The van der Waals surface area contributed by atoms with Gasteiger partial charge < -0.3 is 10.2 Å². The van der Waals surface area contributed by atoms with Crippen molar-refractivity contribution in [1.82, 2.24) is 20.4 Å². The Kier molecular flexibility index (Phi) is 2.35. The Balaban J connectivity index is 1.59. The van der Waals surface area contributed by atoms with E-state index in [-0.39, 0.29) is 5.91 Å². The first kappa shape index (κ1) is 11.0. The van der Waals surface area contributed by atoms with Gasteiger partial charge in [-0.1, -0.05) is 6.07 Å². The highest BCUT2D eigenvalue weighted by Gasteiger charge is 2.38. The van der Waals surface area contributed by atoms with Gasteiger partial charge in [-0.3, -0.25) is 9.89 Å². The Morgan fingerprint density at radius 3 is 3.21 bits per heavy atom. The maximum atomic E-state index is 12.5. The van der Waals surface area contributed by atoms with Crippen LogP contribution in [-0.2, 0) is 0 Å². The minimum atomic E-state index is 0.132. The van der Waals surface area contributed by atoms with E-state index in [4.69, 9.17) is 0 Å². The zero-order valence-corrected chi connectivity index (χ0v) is 10.6. The zero-order chi connectivity index (χ0) is 12.8. The summed E-state index contributed by atoms with van der Waals surface area (Å²) in [5.41, 5.74) is 1.67. The Morgan fingerprint density at radius 1 is 1.37 bits per heavy atom. The van der Waals surface area contributed by atoms with Gasteiger partial charge in [-0.2, -0.15) is 5.10 Å². The van der Waals surface area contributed by atoms with Gasteiger partial charge >= 0.3 is 0 Å². The van der Waals surface area contributed by atoms with E-state index in [0.717, 1.165) is 36.1 Å². The second-order valence-corrected chi connectivity index (χ2v) is 5.49. The van der Waals surface area contributed by atoms with Gasteiger partial charge in [0.25, 0.3) is 5.91 Å². The first-order chi connectivity index (χ1) is 9.31. The van der Waals surface area contributed by atoms with Crippen molar-refractivity contribution in [1.29, 1.82) is 0 Å². The number of nitrogens with zero attached hydrogens (tertiary/aromatic N) is 2. The van der Waals surface area contributed by atoms with Crippen molar-refractivity contribution in [2.75, 3.05) is 19.6 Å². The van der Waals surface area contributed by atoms with Crippen LogP contribution < -0.4 is 5.32 Å². The van der Waals surface area contributed by atoms with Crippen LogP contribution in [0.1, 0.15) is 16.8 Å². The Labute approximate surface area is 111 Å². The minimum absolute atomic E-state index is 0.132. The fraction of sp³-hybridized carbons (Fsp3) is 0.429. The van der Waals surface area contributed by atoms with E-state index < -0.39 is 0 Å². The monoisotopic (exact) mass is 256 g/mol. The number of rotatable bonds is 1. The molecule has 5 heteroatoms. The number of nitrogens with one attached hydrogen (secondary N) is 2. The summed E-state index contributed by atoms with van der Waals surface area (Å²) < 4.78 is 0. The number of carbonyl (C=O) groups excluding carboxylic acids is 1. The Morgan fingerprint density at radius 2 is 2.32 bits per heavy atom. The Bertz CT molecular complexity index is 623. The molecule has 19 heavy (non-hydrogen) atoms. The quantitative estimate of drug-likeness (QED) is 0.800. The van der Waals surface area contributed by atoms with E-state index >= 15 is 0 Å². The van der Waals surface area contributed by atoms with Crippen LogP contribution in [0.4, 0.5) is 0 Å². The molecule has 5 nitrogen and oxygen atoms in total. The molecule has 2 atom stereocenters. The van der Waals surface area contributed by atoms with Crippen molar-refractivity contribution in [3.05, 3.63) is 30.0 Å². The van der Waals surface area contributed by atoms with E-state index in [9.17, 15) is 4.79 Å². The van der Waals surface area contributed by atoms with Gasteiger partial charge in [0.1, 0.15) is 0 Å². The summed E-state index contributed by atoms with van der Waals surface area (Å²) in [6.07, 6.45) is 2.96. The molecule has 3 heterocycles. The highest BCUT2D eigenvalue weighted by atomic mass is 16.2. The largest absolute Gasteiger partial charge is 0.337 e. The van der Waals surface area contributed by atoms with Crippen molar-refractivity contribution >= 4 is 16.8 Å². The summed E-state index contributed by atoms with van der Waals surface area (Å²) in [6.45, 7) is 2.82. The third-order valence-corrected chi connectivity index (χ3v) is 4.34. The molecule has 0 aliphatic carbocycles. The zero-order valence-electron chi connectivity index (χ0n) is 10.6. The van der Waals surface area contributed by atoms with Gasteiger partial charge in [0, 0.05) is 30.1 Å². The first-order valence-electron chi connectivity index (χ1n) is 6.77. The van der Waals surface area contributed by atoms with E-state index in [1.54, 1.807) is 6.20 Å². The summed E-state index contributed by atoms with van der Waals surface area (Å²) in [7, 11) is 0. The summed E-state index contributed by atoms with van der Waals surface area (Å²) in [6, 6.07) is 6.23. The smallest absolute Gasteiger partial charge is 0.253 e. The fourth-order valence-electron chi connectivity index (χ4n) is 3.27. The molecule has 98 valence electrons. The minimum Gasteiger partial charge on any atom is -0.337 e. The van der Waals surface area contributed by atoms with Gasteiger partial charge in [0.05, 0.1) is 11.7 Å². The van der Waals surface area contributed by atoms with Gasteiger partial charge in [-0.15, -0.1) is 0 Å². The van der Waals surface area contributed by atoms with Crippen LogP contribution in [0.15, 0.2) is 24.4 Å². The lowest BCUT2D eigenvalue weighted by molar-refractivity contribution is 0.0783. The number of H-pyrrole nitrogens is 1. The van der Waals surface area contributed by atoms with Crippen LogP contribution >= 0.6 is 0 Å². The molecule has 2 fully saturated rings. The van der Waals surface area contributed by atoms with E-state index in [1.165, 1.54) is 6.42 Å². The molecule has 2 N–H and O–H groups in total. The number of benzene rings is 1. The number of likely N-dealkylation sites (tertiary alicyclic amines) is 1. The number of fused-ring (bicyclic) bond motifs is 2. The summed E-state index contributed by atoms with van der Waals surface area (Å²) in [4.78, 5) is 14.5.